The molecule has 1 aromatic carbocycles. The van der Waals surface area contributed by atoms with E-state index >= 15 is 0 Å². The lowest BCUT2D eigenvalue weighted by Gasteiger charge is -2.22. The van der Waals surface area contributed by atoms with E-state index < -0.39 is 0 Å². The standard InChI is InChI=1S/C16H23N5O.HI/c1-12-7-5-6-8-14(12)11-21(4)16(17-3)18-10-9-15-19-13(2)20-22-15;/h5-8H,9-11H2,1-4H3,(H,17,18);1H. The van der Waals surface area contributed by atoms with Crippen LogP contribution in [0.15, 0.2) is 33.8 Å². The second kappa shape index (κ2) is 9.49. The summed E-state index contributed by atoms with van der Waals surface area (Å²) in [6, 6.07) is 8.38. The largest absolute Gasteiger partial charge is 0.356 e. The number of halogens is 1. The maximum Gasteiger partial charge on any atom is 0.228 e. The van der Waals surface area contributed by atoms with Crippen LogP contribution >= 0.6 is 24.0 Å². The summed E-state index contributed by atoms with van der Waals surface area (Å²) in [7, 11) is 3.81. The molecule has 2 aromatic rings. The second-order valence-corrected chi connectivity index (χ2v) is 5.24. The lowest BCUT2D eigenvalue weighted by molar-refractivity contribution is 0.373. The van der Waals surface area contributed by atoms with Crippen molar-refractivity contribution in [3.8, 4) is 0 Å². The molecule has 0 aliphatic heterocycles. The first-order valence-electron chi connectivity index (χ1n) is 7.35. The third-order valence-corrected chi connectivity index (χ3v) is 3.43. The monoisotopic (exact) mass is 429 g/mol. The summed E-state index contributed by atoms with van der Waals surface area (Å²) in [5, 5.41) is 7.10. The van der Waals surface area contributed by atoms with Crippen molar-refractivity contribution >= 4 is 29.9 Å². The normalized spacial score (nSPS) is 11.0. The topological polar surface area (TPSA) is 66.5 Å². The Balaban J connectivity index is 0.00000264. The molecule has 0 atom stereocenters. The number of benzene rings is 1. The van der Waals surface area contributed by atoms with Crippen molar-refractivity contribution in [2.45, 2.75) is 26.8 Å². The first-order valence-corrected chi connectivity index (χ1v) is 7.35. The zero-order valence-corrected chi connectivity index (χ0v) is 16.4. The van der Waals surface area contributed by atoms with E-state index in [9.17, 15) is 0 Å². The van der Waals surface area contributed by atoms with Gasteiger partial charge in [0.2, 0.25) is 5.89 Å². The van der Waals surface area contributed by atoms with Crippen LogP contribution in [0.5, 0.6) is 0 Å². The summed E-state index contributed by atoms with van der Waals surface area (Å²) in [6.07, 6.45) is 0.679. The highest BCUT2D eigenvalue weighted by Crippen LogP contribution is 2.09. The Hall–Kier alpha value is -1.64. The fraction of sp³-hybridized carbons (Fsp3) is 0.438. The van der Waals surface area contributed by atoms with Crippen LogP contribution < -0.4 is 5.32 Å². The average molecular weight is 429 g/mol. The number of nitrogens with zero attached hydrogens (tertiary/aromatic N) is 4. The fourth-order valence-electron chi connectivity index (χ4n) is 2.23. The van der Waals surface area contributed by atoms with Crippen molar-refractivity contribution in [1.82, 2.24) is 20.4 Å². The van der Waals surface area contributed by atoms with Crippen molar-refractivity contribution in [2.75, 3.05) is 20.6 Å². The smallest absolute Gasteiger partial charge is 0.228 e. The van der Waals surface area contributed by atoms with Crippen LogP contribution in [0.2, 0.25) is 0 Å². The van der Waals surface area contributed by atoms with Crippen molar-refractivity contribution in [3.63, 3.8) is 0 Å². The van der Waals surface area contributed by atoms with Gasteiger partial charge >= 0.3 is 0 Å². The van der Waals surface area contributed by atoms with Crippen LogP contribution in [0.1, 0.15) is 22.8 Å². The number of hydrogen-bond donors (Lipinski definition) is 1. The van der Waals surface area contributed by atoms with Gasteiger partial charge in [0.05, 0.1) is 0 Å². The van der Waals surface area contributed by atoms with Gasteiger partial charge in [-0.05, 0) is 25.0 Å². The molecule has 0 spiro atoms. The molecule has 2 rings (SSSR count). The molecule has 23 heavy (non-hydrogen) atoms. The maximum atomic E-state index is 5.10. The molecule has 6 nitrogen and oxygen atoms in total. The zero-order valence-electron chi connectivity index (χ0n) is 14.0. The summed E-state index contributed by atoms with van der Waals surface area (Å²) < 4.78 is 5.10. The van der Waals surface area contributed by atoms with E-state index in [2.05, 4.69) is 56.5 Å². The molecule has 1 heterocycles. The number of aromatic nitrogens is 2. The van der Waals surface area contributed by atoms with E-state index in [4.69, 9.17) is 4.52 Å². The molecule has 0 aliphatic carbocycles. The molecule has 0 bridgehead atoms. The summed E-state index contributed by atoms with van der Waals surface area (Å²) in [4.78, 5) is 10.6. The molecule has 0 aliphatic rings. The van der Waals surface area contributed by atoms with Crippen LogP contribution in [0.4, 0.5) is 0 Å². The molecule has 126 valence electrons. The van der Waals surface area contributed by atoms with Gasteiger partial charge in [0.1, 0.15) is 0 Å². The predicted octanol–water partition coefficient (Wildman–Crippen LogP) is 2.55. The molecule has 1 aromatic heterocycles. The van der Waals surface area contributed by atoms with E-state index in [1.54, 1.807) is 7.05 Å². The Labute approximate surface area is 154 Å². The SMILES string of the molecule is CN=C(NCCc1nc(C)no1)N(C)Cc1ccccc1C.I. The summed E-state index contributed by atoms with van der Waals surface area (Å²) in [5.41, 5.74) is 2.58. The van der Waals surface area contributed by atoms with Gasteiger partial charge < -0.3 is 14.7 Å². The molecule has 7 heteroatoms. The number of rotatable bonds is 5. The highest BCUT2D eigenvalue weighted by molar-refractivity contribution is 14.0. The molecule has 0 saturated carbocycles. The molecule has 0 radical (unpaired) electrons. The predicted molar refractivity (Wildman–Crippen MR) is 102 cm³/mol. The van der Waals surface area contributed by atoms with Gasteiger partial charge in [0.25, 0.3) is 0 Å². The Morgan fingerprint density at radius 2 is 2.04 bits per heavy atom. The highest BCUT2D eigenvalue weighted by atomic mass is 127. The van der Waals surface area contributed by atoms with Gasteiger partial charge in [-0.15, -0.1) is 24.0 Å². The van der Waals surface area contributed by atoms with Gasteiger partial charge in [-0.2, -0.15) is 4.98 Å². The van der Waals surface area contributed by atoms with Crippen LogP contribution in [-0.2, 0) is 13.0 Å². The van der Waals surface area contributed by atoms with E-state index in [-0.39, 0.29) is 24.0 Å². The van der Waals surface area contributed by atoms with Gasteiger partial charge in [-0.1, -0.05) is 29.4 Å². The molecular weight excluding hydrogens is 405 g/mol. The van der Waals surface area contributed by atoms with Crippen LogP contribution in [0.25, 0.3) is 0 Å². The Morgan fingerprint density at radius 3 is 2.65 bits per heavy atom. The second-order valence-electron chi connectivity index (χ2n) is 5.24. The minimum atomic E-state index is 0. The fourth-order valence-corrected chi connectivity index (χ4v) is 2.23. The molecular formula is C16H24IN5O. The molecule has 0 saturated heterocycles. The highest BCUT2D eigenvalue weighted by Gasteiger charge is 2.09. The maximum absolute atomic E-state index is 5.10. The lowest BCUT2D eigenvalue weighted by Crippen LogP contribution is -2.39. The van der Waals surface area contributed by atoms with Gasteiger partial charge in [-0.3, -0.25) is 4.99 Å². The zero-order chi connectivity index (χ0) is 15.9. The van der Waals surface area contributed by atoms with Crippen LogP contribution in [0, 0.1) is 13.8 Å². The van der Waals surface area contributed by atoms with E-state index in [1.165, 1.54) is 11.1 Å². The molecule has 0 amide bonds. The van der Waals surface area contributed by atoms with Crippen molar-refractivity contribution in [1.29, 1.82) is 0 Å². The minimum absolute atomic E-state index is 0. The number of aliphatic imine (C=N–C) groups is 1. The van der Waals surface area contributed by atoms with Crippen molar-refractivity contribution in [3.05, 3.63) is 47.1 Å². The Bertz CT molecular complexity index is 641. The van der Waals surface area contributed by atoms with Gasteiger partial charge in [0.15, 0.2) is 11.8 Å². The van der Waals surface area contributed by atoms with Crippen molar-refractivity contribution < 1.29 is 4.52 Å². The third kappa shape index (κ3) is 5.81. The minimum Gasteiger partial charge on any atom is -0.356 e. The van der Waals surface area contributed by atoms with Crippen molar-refractivity contribution in [2.24, 2.45) is 4.99 Å². The summed E-state index contributed by atoms with van der Waals surface area (Å²) >= 11 is 0. The molecule has 0 fully saturated rings. The Kier molecular flexibility index (Phi) is 8.01. The average Bonchev–Trinajstić information content (AvgIpc) is 2.91. The van der Waals surface area contributed by atoms with E-state index in [0.717, 1.165) is 12.5 Å². The quantitative estimate of drug-likeness (QED) is 0.450. The van der Waals surface area contributed by atoms with Gasteiger partial charge in [-0.25, -0.2) is 0 Å². The summed E-state index contributed by atoms with van der Waals surface area (Å²) in [5.74, 6) is 2.15. The number of nitrogens with one attached hydrogen (secondary N) is 1. The number of aryl methyl sites for hydroxylation is 2. The number of hydrogen-bond acceptors (Lipinski definition) is 4. The number of guanidine groups is 1. The van der Waals surface area contributed by atoms with Gasteiger partial charge in [0, 0.05) is 33.6 Å². The first-order chi connectivity index (χ1) is 10.6. The van der Waals surface area contributed by atoms with E-state index in [0.29, 0.717) is 24.7 Å². The molecule has 0 unspecified atom stereocenters. The Morgan fingerprint density at radius 1 is 1.30 bits per heavy atom. The van der Waals surface area contributed by atoms with Crippen LogP contribution in [0.3, 0.4) is 0 Å². The summed E-state index contributed by atoms with van der Waals surface area (Å²) in [6.45, 7) is 5.45. The van der Waals surface area contributed by atoms with E-state index in [1.807, 2.05) is 14.0 Å². The molecule has 1 N–H and O–H groups in total. The first kappa shape index (κ1) is 19.4. The lowest BCUT2D eigenvalue weighted by atomic mass is 10.1. The van der Waals surface area contributed by atoms with Crippen LogP contribution in [-0.4, -0.2) is 41.6 Å². The third-order valence-electron chi connectivity index (χ3n) is 3.43.